The fourth-order valence-corrected chi connectivity index (χ4v) is 9.17. The molecule has 186 valence electrons. The van der Waals surface area contributed by atoms with Crippen molar-refractivity contribution in [2.75, 3.05) is 7.05 Å². The number of thiocarbonyl (C=S) groups is 1. The van der Waals surface area contributed by atoms with Gasteiger partial charge in [-0.1, -0.05) is 13.8 Å². The zero-order valence-corrected chi connectivity index (χ0v) is 22.6. The topological polar surface area (TPSA) is 52.7 Å². The molecule has 0 bridgehead atoms. The average Bonchev–Trinajstić information content (AvgIpc) is 3.07. The van der Waals surface area contributed by atoms with Gasteiger partial charge in [-0.3, -0.25) is 14.5 Å². The predicted octanol–water partition coefficient (Wildman–Crippen LogP) is 4.99. The van der Waals surface area contributed by atoms with Crippen LogP contribution in [0.15, 0.2) is 0 Å². The molecule has 6 heteroatoms. The van der Waals surface area contributed by atoms with E-state index in [-0.39, 0.29) is 34.7 Å². The van der Waals surface area contributed by atoms with Gasteiger partial charge in [0.05, 0.1) is 0 Å². The van der Waals surface area contributed by atoms with Crippen LogP contribution in [0.3, 0.4) is 0 Å². The third kappa shape index (κ3) is 3.92. The van der Waals surface area contributed by atoms with E-state index in [0.717, 1.165) is 32.1 Å². The molecule has 0 aromatic heterocycles. The fraction of sp³-hybridized carbons (Fsp3) is 0.889. The molecule has 7 atom stereocenters. The molecule has 4 fully saturated rings. The van der Waals surface area contributed by atoms with E-state index < -0.39 is 0 Å². The first kappa shape index (κ1) is 24.9. The Labute approximate surface area is 206 Å². The number of carbonyl (C=O) groups is 2. The Balaban J connectivity index is 1.56. The maximum Gasteiger partial charge on any atom is 0.232 e. The van der Waals surface area contributed by atoms with E-state index in [4.69, 9.17) is 12.2 Å². The molecular weight excluding hydrogens is 430 g/mol. The Bertz CT molecular complexity index is 813. The van der Waals surface area contributed by atoms with Gasteiger partial charge in [-0.05, 0) is 113 Å². The molecule has 5 nitrogen and oxygen atoms in total. The van der Waals surface area contributed by atoms with Crippen molar-refractivity contribution < 1.29 is 9.59 Å². The first-order chi connectivity index (χ1) is 15.4. The maximum atomic E-state index is 14.0. The van der Waals surface area contributed by atoms with Crippen LogP contribution in [-0.4, -0.2) is 51.9 Å². The quantitative estimate of drug-likeness (QED) is 0.585. The highest BCUT2D eigenvalue weighted by Crippen LogP contribution is 2.66. The monoisotopic (exact) mass is 475 g/mol. The van der Waals surface area contributed by atoms with Crippen LogP contribution in [0, 0.1) is 34.5 Å². The second-order valence-corrected chi connectivity index (χ2v) is 12.9. The van der Waals surface area contributed by atoms with Crippen LogP contribution in [-0.2, 0) is 9.59 Å². The molecular formula is C27H45N3O2S. The van der Waals surface area contributed by atoms with E-state index in [1.165, 1.54) is 12.8 Å². The molecule has 1 N–H and O–H groups in total. The smallest absolute Gasteiger partial charge is 0.232 e. The molecule has 4 rings (SSSR count). The Morgan fingerprint density at radius 1 is 1.03 bits per heavy atom. The third-order valence-electron chi connectivity index (χ3n) is 10.2. The number of carbonyl (C=O) groups excluding carboxylic acids is 2. The van der Waals surface area contributed by atoms with Crippen molar-refractivity contribution in [3.8, 4) is 0 Å². The number of nitrogens with zero attached hydrogens (tertiary/aromatic N) is 2. The number of fused-ring (bicyclic) bond motifs is 5. The number of amides is 2. The minimum absolute atomic E-state index is 0.0540. The molecule has 0 radical (unpaired) electrons. The minimum atomic E-state index is 0.0540. The van der Waals surface area contributed by atoms with Gasteiger partial charge in [0.25, 0.3) is 0 Å². The van der Waals surface area contributed by atoms with Gasteiger partial charge in [0.1, 0.15) is 0 Å². The highest BCUT2D eigenvalue weighted by Gasteiger charge is 2.62. The number of likely N-dealkylation sites (tertiary alicyclic amines) is 1. The van der Waals surface area contributed by atoms with E-state index in [1.807, 2.05) is 11.9 Å². The van der Waals surface area contributed by atoms with Crippen LogP contribution in [0.5, 0.6) is 0 Å². The van der Waals surface area contributed by atoms with Crippen molar-refractivity contribution >= 4 is 29.1 Å². The van der Waals surface area contributed by atoms with Crippen molar-refractivity contribution in [3.63, 3.8) is 0 Å². The number of rotatable bonds is 3. The lowest BCUT2D eigenvalue weighted by Crippen LogP contribution is -2.61. The third-order valence-corrected chi connectivity index (χ3v) is 10.6. The summed E-state index contributed by atoms with van der Waals surface area (Å²) in [5.74, 6) is 2.56. The summed E-state index contributed by atoms with van der Waals surface area (Å²) < 4.78 is 0. The van der Waals surface area contributed by atoms with Gasteiger partial charge in [0.15, 0.2) is 5.11 Å². The molecule has 3 saturated carbocycles. The van der Waals surface area contributed by atoms with Crippen molar-refractivity contribution in [1.29, 1.82) is 0 Å². The lowest BCUT2D eigenvalue weighted by Gasteiger charge is -2.61. The van der Waals surface area contributed by atoms with Crippen LogP contribution in [0.2, 0.25) is 0 Å². The zero-order valence-electron chi connectivity index (χ0n) is 21.8. The summed E-state index contributed by atoms with van der Waals surface area (Å²) in [5, 5.41) is 3.88. The summed E-state index contributed by atoms with van der Waals surface area (Å²) in [5.41, 5.74) is 0.278. The second kappa shape index (κ2) is 8.80. The van der Waals surface area contributed by atoms with E-state index >= 15 is 0 Å². The average molecular weight is 476 g/mol. The highest BCUT2D eigenvalue weighted by atomic mass is 32.1. The first-order valence-electron chi connectivity index (χ1n) is 13.3. The lowest BCUT2D eigenvalue weighted by atomic mass is 9.47. The molecule has 3 aliphatic carbocycles. The zero-order chi connectivity index (χ0) is 24.3. The summed E-state index contributed by atoms with van der Waals surface area (Å²) in [7, 11) is 2.02. The number of nitrogens with one attached hydrogen (secondary N) is 1. The molecule has 33 heavy (non-hydrogen) atoms. The van der Waals surface area contributed by atoms with Gasteiger partial charge in [-0.2, -0.15) is 0 Å². The fourth-order valence-electron chi connectivity index (χ4n) is 8.63. The number of piperidine rings is 1. The molecule has 0 aromatic carbocycles. The van der Waals surface area contributed by atoms with Crippen molar-refractivity contribution in [3.05, 3.63) is 0 Å². The van der Waals surface area contributed by atoms with Gasteiger partial charge in [-0.15, -0.1) is 0 Å². The van der Waals surface area contributed by atoms with Crippen LogP contribution < -0.4 is 5.32 Å². The van der Waals surface area contributed by atoms with Gasteiger partial charge in [0.2, 0.25) is 11.8 Å². The Morgan fingerprint density at radius 2 is 1.70 bits per heavy atom. The first-order valence-corrected chi connectivity index (χ1v) is 13.7. The molecule has 0 spiro atoms. The summed E-state index contributed by atoms with van der Waals surface area (Å²) in [6.45, 7) is 13.1. The van der Waals surface area contributed by atoms with E-state index in [0.29, 0.717) is 41.2 Å². The van der Waals surface area contributed by atoms with Crippen LogP contribution >= 0.6 is 12.2 Å². The summed E-state index contributed by atoms with van der Waals surface area (Å²) in [6.07, 6.45) is 8.48. The van der Waals surface area contributed by atoms with Crippen LogP contribution in [0.4, 0.5) is 0 Å². The Hall–Kier alpha value is -1.17. The maximum absolute atomic E-state index is 14.0. The van der Waals surface area contributed by atoms with E-state index in [1.54, 1.807) is 0 Å². The van der Waals surface area contributed by atoms with Gasteiger partial charge >= 0.3 is 0 Å². The SMILES string of the molecule is CC(C)NC(=S)N(C(=O)C1CCC2C3CC[C@H]4N(C)C(=O)CC[C@]4(C)C3CC[C@]12C)C(C)C. The summed E-state index contributed by atoms with van der Waals surface area (Å²) >= 11 is 5.68. The molecule has 0 aromatic rings. The van der Waals surface area contributed by atoms with E-state index in [9.17, 15) is 9.59 Å². The number of hydrogen-bond acceptors (Lipinski definition) is 3. The van der Waals surface area contributed by atoms with Crippen molar-refractivity contribution in [2.24, 2.45) is 34.5 Å². The normalized spacial score (nSPS) is 40.3. The molecule has 4 unspecified atom stereocenters. The summed E-state index contributed by atoms with van der Waals surface area (Å²) in [6, 6.07) is 0.657. The largest absolute Gasteiger partial charge is 0.360 e. The lowest BCUT2D eigenvalue weighted by molar-refractivity contribution is -0.160. The van der Waals surface area contributed by atoms with Gasteiger partial charge in [-0.25, -0.2) is 0 Å². The standard InChI is InChI=1S/C27H45N3O2S/c1-16(2)28-25(33)30(17(3)4)24(32)21-10-9-19-18-8-11-22-27(6,15-13-23(31)29(22)7)20(18)12-14-26(19,21)5/h16-22H,8-15H2,1-7H3,(H,28,33)/t18?,19?,20?,21?,22-,26+,27-/m1/s1. The molecule has 1 saturated heterocycles. The predicted molar refractivity (Wildman–Crippen MR) is 137 cm³/mol. The minimum Gasteiger partial charge on any atom is -0.360 e. The van der Waals surface area contributed by atoms with Crippen molar-refractivity contribution in [2.45, 2.75) is 111 Å². The van der Waals surface area contributed by atoms with Gasteiger partial charge < -0.3 is 10.2 Å². The number of hydrogen-bond donors (Lipinski definition) is 1. The van der Waals surface area contributed by atoms with E-state index in [2.05, 4.69) is 51.8 Å². The molecule has 1 aliphatic heterocycles. The Morgan fingerprint density at radius 3 is 2.33 bits per heavy atom. The van der Waals surface area contributed by atoms with Gasteiger partial charge in [0, 0.05) is 37.5 Å². The molecule has 1 heterocycles. The van der Waals surface area contributed by atoms with Crippen LogP contribution in [0.25, 0.3) is 0 Å². The highest BCUT2D eigenvalue weighted by molar-refractivity contribution is 7.80. The van der Waals surface area contributed by atoms with Crippen LogP contribution in [0.1, 0.15) is 92.9 Å². The van der Waals surface area contributed by atoms with Crippen molar-refractivity contribution in [1.82, 2.24) is 15.1 Å². The summed E-state index contributed by atoms with van der Waals surface area (Å²) in [4.78, 5) is 30.3. The second-order valence-electron chi connectivity index (χ2n) is 12.6. The Kier molecular flexibility index (Phi) is 6.65. The molecule has 2 amide bonds. The molecule has 4 aliphatic rings.